The first-order chi connectivity index (χ1) is 20.5. The molecule has 0 radical (unpaired) electrons. The fourth-order valence-electron chi connectivity index (χ4n) is 4.08. The van der Waals surface area contributed by atoms with Gasteiger partial charge in [0, 0.05) is 53.8 Å². The second kappa shape index (κ2) is 15.5. The third kappa shape index (κ3) is 8.01. The highest BCUT2D eigenvalue weighted by Gasteiger charge is 2.08. The maximum Gasteiger partial charge on any atom is 0.300 e. The largest absolute Gasteiger partial charge is 0.481 e. The van der Waals surface area contributed by atoms with E-state index >= 15 is 0 Å². The minimum absolute atomic E-state index is 0.833. The van der Waals surface area contributed by atoms with Crippen molar-refractivity contribution in [2.75, 3.05) is 0 Å². The first-order valence-electron chi connectivity index (χ1n) is 12.4. The van der Waals surface area contributed by atoms with Gasteiger partial charge in [-0.2, -0.15) is 0 Å². The van der Waals surface area contributed by atoms with Crippen molar-refractivity contribution < 1.29 is 9.90 Å². The Balaban J connectivity index is 0.000000166. The summed E-state index contributed by atoms with van der Waals surface area (Å²) in [4.78, 5) is 23.1. The molecule has 7 nitrogen and oxygen atoms in total. The summed E-state index contributed by atoms with van der Waals surface area (Å²) in [5.41, 5.74) is 9.62. The molecule has 0 aliphatic heterocycles. The van der Waals surface area contributed by atoms with Crippen LogP contribution in [0.15, 0.2) is 126 Å². The Bertz CT molecular complexity index is 1850. The molecular formula is C31H24Br3N5O2S. The van der Waals surface area contributed by atoms with Gasteiger partial charge in [-0.25, -0.2) is 9.97 Å². The number of imidazole rings is 2. The molecule has 11 heteroatoms. The van der Waals surface area contributed by atoms with Crippen molar-refractivity contribution in [1.82, 2.24) is 23.8 Å². The summed E-state index contributed by atoms with van der Waals surface area (Å²) in [6.07, 6.45) is 9.68. The van der Waals surface area contributed by atoms with Crippen molar-refractivity contribution in [3.8, 4) is 32.8 Å². The Kier molecular flexibility index (Phi) is 11.6. The molecule has 7 rings (SSSR count). The van der Waals surface area contributed by atoms with Crippen molar-refractivity contribution in [2.24, 2.45) is 0 Å². The highest BCUT2D eigenvalue weighted by Crippen LogP contribution is 2.27. The quantitative estimate of drug-likeness (QED) is 0.194. The van der Waals surface area contributed by atoms with Gasteiger partial charge in [-0.3, -0.25) is 18.6 Å². The number of halogens is 3. The number of pyridine rings is 2. The van der Waals surface area contributed by atoms with E-state index in [1.54, 1.807) is 11.3 Å². The molecule has 42 heavy (non-hydrogen) atoms. The third-order valence-corrected chi connectivity index (χ3v) is 7.26. The predicted molar refractivity (Wildman–Crippen MR) is 181 cm³/mol. The average molecular weight is 770 g/mol. The van der Waals surface area contributed by atoms with Gasteiger partial charge in [0.05, 0.1) is 28.5 Å². The van der Waals surface area contributed by atoms with Crippen LogP contribution in [0.5, 0.6) is 0 Å². The Morgan fingerprint density at radius 3 is 1.76 bits per heavy atom. The Morgan fingerprint density at radius 2 is 1.24 bits per heavy atom. The van der Waals surface area contributed by atoms with Crippen LogP contribution in [-0.2, 0) is 4.79 Å². The molecule has 0 aliphatic rings. The highest BCUT2D eigenvalue weighted by molar-refractivity contribution is 9.93. The van der Waals surface area contributed by atoms with Gasteiger partial charge in [-0.15, -0.1) is 11.3 Å². The van der Waals surface area contributed by atoms with Crippen molar-refractivity contribution in [3.63, 3.8) is 0 Å². The summed E-state index contributed by atoms with van der Waals surface area (Å²) in [5, 5.41) is 7.42. The second-order valence-electron chi connectivity index (χ2n) is 8.63. The molecule has 1 N–H and O–H groups in total. The zero-order chi connectivity index (χ0) is 29.9. The van der Waals surface area contributed by atoms with Gasteiger partial charge in [0.25, 0.3) is 5.97 Å². The van der Waals surface area contributed by atoms with Crippen LogP contribution in [0.25, 0.3) is 44.1 Å². The molecule has 5 heterocycles. The number of thiazole rings is 1. The molecular weight excluding hydrogens is 746 g/mol. The smallest absolute Gasteiger partial charge is 0.300 e. The molecule has 0 amide bonds. The summed E-state index contributed by atoms with van der Waals surface area (Å²) in [6.45, 7) is 1.08. The van der Waals surface area contributed by atoms with Crippen LogP contribution in [0, 0.1) is 0 Å². The minimum Gasteiger partial charge on any atom is -0.481 e. The number of carboxylic acids is 1. The molecule has 0 saturated heterocycles. The number of nitrogens with zero attached hydrogens (tertiary/aromatic N) is 5. The monoisotopic (exact) mass is 767 g/mol. The summed E-state index contributed by atoms with van der Waals surface area (Å²) in [5.74, 6) is -0.833. The number of aromatic nitrogens is 5. The number of aliphatic carboxylic acids is 1. The zero-order valence-corrected chi connectivity index (χ0v) is 27.8. The van der Waals surface area contributed by atoms with Crippen molar-refractivity contribution >= 4 is 72.8 Å². The lowest BCUT2D eigenvalue weighted by Gasteiger charge is -2.03. The summed E-state index contributed by atoms with van der Waals surface area (Å²) < 4.78 is 5.08. The number of carboxylic acid groups (broad SMARTS) is 1. The van der Waals surface area contributed by atoms with E-state index in [0.29, 0.717) is 0 Å². The van der Waals surface area contributed by atoms with E-state index < -0.39 is 5.97 Å². The Morgan fingerprint density at radius 1 is 0.738 bits per heavy atom. The fourth-order valence-corrected chi connectivity index (χ4v) is 5.11. The molecule has 0 bridgehead atoms. The van der Waals surface area contributed by atoms with Crippen LogP contribution in [0.4, 0.5) is 0 Å². The maximum absolute atomic E-state index is 9.00. The van der Waals surface area contributed by atoms with Gasteiger partial charge in [-0.05, 0) is 62.4 Å². The highest BCUT2D eigenvalue weighted by atomic mass is 80.9. The van der Waals surface area contributed by atoms with Crippen LogP contribution >= 0.6 is 55.5 Å². The van der Waals surface area contributed by atoms with E-state index in [2.05, 4.69) is 118 Å². The third-order valence-electron chi connectivity index (χ3n) is 5.88. The molecule has 0 unspecified atom stereocenters. The van der Waals surface area contributed by atoms with Crippen LogP contribution < -0.4 is 0 Å². The number of hydrogen-bond acceptors (Lipinski definition) is 5. The summed E-state index contributed by atoms with van der Waals surface area (Å²) >= 11 is 10.6. The normalized spacial score (nSPS) is 10.1. The lowest BCUT2D eigenvalue weighted by atomic mass is 10.1. The molecule has 7 aromatic rings. The van der Waals surface area contributed by atoms with E-state index in [1.807, 2.05) is 71.1 Å². The number of rotatable bonds is 3. The lowest BCUT2D eigenvalue weighted by molar-refractivity contribution is -0.134. The van der Waals surface area contributed by atoms with Gasteiger partial charge < -0.3 is 5.11 Å². The zero-order valence-electron chi connectivity index (χ0n) is 22.2. The number of hydrogen-bond donors (Lipinski definition) is 1. The van der Waals surface area contributed by atoms with Crippen LogP contribution in [0.3, 0.4) is 0 Å². The number of fused-ring (bicyclic) bond motifs is 2. The minimum atomic E-state index is -0.833. The molecule has 212 valence electrons. The number of carbonyl (C=O) groups is 1. The van der Waals surface area contributed by atoms with Crippen LogP contribution in [0.1, 0.15) is 6.92 Å². The molecule has 5 aromatic heterocycles. The van der Waals surface area contributed by atoms with Gasteiger partial charge in [0.2, 0.25) is 0 Å². The van der Waals surface area contributed by atoms with Gasteiger partial charge in [0.15, 0.2) is 0 Å². The first-order valence-corrected chi connectivity index (χ1v) is 17.8. The van der Waals surface area contributed by atoms with Crippen LogP contribution in [-0.4, -0.2) is 34.8 Å². The van der Waals surface area contributed by atoms with Crippen molar-refractivity contribution in [2.45, 2.75) is 6.92 Å². The molecule has 0 saturated carbocycles. The van der Waals surface area contributed by atoms with Gasteiger partial charge >= 0.3 is 0 Å². The number of benzene rings is 2. The summed E-state index contributed by atoms with van der Waals surface area (Å²) in [7, 11) is 0. The SMILES string of the molecule is BrBr.Brc1cnc2cc(-c3ccccc3)ccn12.CC(=O)O.c1ccc(-c2ccn3c(-c4cncs4)cnc3c2)cc1. The van der Waals surface area contributed by atoms with E-state index in [9.17, 15) is 0 Å². The molecule has 0 atom stereocenters. The lowest BCUT2D eigenvalue weighted by Crippen LogP contribution is -1.87. The topological polar surface area (TPSA) is 84.8 Å². The van der Waals surface area contributed by atoms with E-state index in [-0.39, 0.29) is 0 Å². The standard InChI is InChI=1S/C16H11N3S.C13H9BrN2.C2H4O2.Br2/c1-2-4-12(5-3-1)13-6-7-19-14(9-18-16(19)8-13)15-10-17-11-20-15;14-12-9-15-13-8-11(6-7-16(12)13)10-4-2-1-3-5-10;1-2(3)4;1-2/h1-11H;1-9H;1H3,(H,3,4);. The molecule has 0 spiro atoms. The summed E-state index contributed by atoms with van der Waals surface area (Å²) in [6, 6.07) is 29.1. The van der Waals surface area contributed by atoms with E-state index in [1.165, 1.54) is 22.3 Å². The molecule has 0 fully saturated rings. The Labute approximate surface area is 270 Å². The maximum atomic E-state index is 9.00. The second-order valence-corrected chi connectivity index (χ2v) is 10.3. The van der Waals surface area contributed by atoms with Crippen LogP contribution in [0.2, 0.25) is 0 Å². The van der Waals surface area contributed by atoms with Gasteiger partial charge in [0.1, 0.15) is 15.9 Å². The van der Waals surface area contributed by atoms with Gasteiger partial charge in [-0.1, -0.05) is 60.7 Å². The average Bonchev–Trinajstić information content (AvgIpc) is 3.79. The predicted octanol–water partition coefficient (Wildman–Crippen LogP) is 9.67. The van der Waals surface area contributed by atoms with Crippen molar-refractivity contribution in [3.05, 3.63) is 126 Å². The van der Waals surface area contributed by atoms with Crippen molar-refractivity contribution in [1.29, 1.82) is 0 Å². The molecule has 2 aromatic carbocycles. The molecule has 0 aliphatic carbocycles. The fraction of sp³-hybridized carbons (Fsp3) is 0.0323. The Hall–Kier alpha value is -3.64. The van der Waals surface area contributed by atoms with E-state index in [0.717, 1.165) is 33.4 Å². The van der Waals surface area contributed by atoms with E-state index in [4.69, 9.17) is 9.90 Å². The first kappa shape index (κ1) is 31.3.